The SMILES string of the molecule is CC\C=C/C=C\C=C/C=C\C=C/CCCC(=O)OCC(COC(=O)CCCCCCC\C=C/C=C\C=C/CCCCCCC)OC(=O)CCCCC/C=C\C=C/CCCCCCCCC. The minimum absolute atomic E-state index is 0.126. The van der Waals surface area contributed by atoms with E-state index in [1.54, 1.807) is 0 Å². The van der Waals surface area contributed by atoms with Crippen molar-refractivity contribution < 1.29 is 28.6 Å². The molecule has 6 nitrogen and oxygen atoms in total. The van der Waals surface area contributed by atoms with Gasteiger partial charge < -0.3 is 14.2 Å². The zero-order valence-electron chi connectivity index (χ0n) is 41.7. The van der Waals surface area contributed by atoms with Crippen molar-refractivity contribution in [1.29, 1.82) is 0 Å². The van der Waals surface area contributed by atoms with Gasteiger partial charge in [-0.1, -0.05) is 232 Å². The van der Waals surface area contributed by atoms with Crippen molar-refractivity contribution in [2.75, 3.05) is 13.2 Å². The Balaban J connectivity index is 4.57. The molecule has 65 heavy (non-hydrogen) atoms. The van der Waals surface area contributed by atoms with Gasteiger partial charge in [0.25, 0.3) is 0 Å². The third-order valence-corrected chi connectivity index (χ3v) is 10.6. The summed E-state index contributed by atoms with van der Waals surface area (Å²) in [5.41, 5.74) is 0. The Kier molecular flexibility index (Phi) is 49.1. The van der Waals surface area contributed by atoms with E-state index in [0.29, 0.717) is 19.3 Å². The lowest BCUT2D eigenvalue weighted by Crippen LogP contribution is -2.30. The number of carbonyl (C=O) groups is 3. The van der Waals surface area contributed by atoms with E-state index in [0.717, 1.165) is 83.5 Å². The maximum Gasteiger partial charge on any atom is 0.306 e. The summed E-state index contributed by atoms with van der Waals surface area (Å²) in [4.78, 5) is 38.0. The molecule has 0 spiro atoms. The Bertz CT molecular complexity index is 1400. The molecule has 0 aromatic rings. The van der Waals surface area contributed by atoms with Gasteiger partial charge in [-0.05, 0) is 83.5 Å². The van der Waals surface area contributed by atoms with Crippen LogP contribution in [0.4, 0.5) is 0 Å². The lowest BCUT2D eigenvalue weighted by atomic mass is 10.1. The predicted molar refractivity (Wildman–Crippen MR) is 279 cm³/mol. The van der Waals surface area contributed by atoms with E-state index in [-0.39, 0.29) is 44.0 Å². The highest BCUT2D eigenvalue weighted by atomic mass is 16.6. The van der Waals surface area contributed by atoms with Gasteiger partial charge in [-0.3, -0.25) is 14.4 Å². The zero-order chi connectivity index (χ0) is 47.2. The van der Waals surface area contributed by atoms with Crippen LogP contribution in [0.1, 0.15) is 213 Å². The van der Waals surface area contributed by atoms with Crippen LogP contribution in [-0.2, 0) is 28.6 Å². The summed E-state index contributed by atoms with van der Waals surface area (Å²) in [6, 6.07) is 0. The van der Waals surface area contributed by atoms with E-state index in [1.165, 1.54) is 77.0 Å². The van der Waals surface area contributed by atoms with Gasteiger partial charge in [-0.2, -0.15) is 0 Å². The lowest BCUT2D eigenvalue weighted by Gasteiger charge is -2.18. The van der Waals surface area contributed by atoms with E-state index < -0.39 is 6.10 Å². The van der Waals surface area contributed by atoms with Crippen molar-refractivity contribution in [3.8, 4) is 0 Å². The first kappa shape index (κ1) is 60.8. The Morgan fingerprint density at radius 3 is 1.03 bits per heavy atom. The van der Waals surface area contributed by atoms with Gasteiger partial charge in [0, 0.05) is 19.3 Å². The maximum absolute atomic E-state index is 12.8. The average molecular weight is 899 g/mol. The van der Waals surface area contributed by atoms with Crippen LogP contribution in [0.15, 0.2) is 122 Å². The smallest absolute Gasteiger partial charge is 0.306 e. The van der Waals surface area contributed by atoms with Gasteiger partial charge in [0.1, 0.15) is 13.2 Å². The molecule has 1 unspecified atom stereocenters. The zero-order valence-corrected chi connectivity index (χ0v) is 41.7. The third-order valence-electron chi connectivity index (χ3n) is 10.6. The van der Waals surface area contributed by atoms with Gasteiger partial charge >= 0.3 is 17.9 Å². The van der Waals surface area contributed by atoms with E-state index in [4.69, 9.17) is 14.2 Å². The number of allylic oxidation sites excluding steroid dienone is 20. The Hall–Kier alpha value is -4.19. The molecule has 0 bridgehead atoms. The van der Waals surface area contributed by atoms with Crippen molar-refractivity contribution in [1.82, 2.24) is 0 Å². The van der Waals surface area contributed by atoms with Crippen LogP contribution < -0.4 is 0 Å². The highest BCUT2D eigenvalue weighted by molar-refractivity contribution is 5.71. The van der Waals surface area contributed by atoms with Crippen molar-refractivity contribution in [3.05, 3.63) is 122 Å². The molecule has 0 saturated heterocycles. The first-order valence-electron chi connectivity index (χ1n) is 26.2. The predicted octanol–water partition coefficient (Wildman–Crippen LogP) is 17.3. The fourth-order valence-corrected chi connectivity index (χ4v) is 6.70. The van der Waals surface area contributed by atoms with E-state index in [9.17, 15) is 14.4 Å². The standard InChI is InChI=1S/C59H94O6/c1-4-7-10-13-16-19-22-25-27-29-30-32-34-37-40-43-46-49-52-58(61)64-55-56(54-63-57(60)51-48-45-42-39-36-33-24-21-18-15-12-9-6-3)65-59(62)53-50-47-44-41-38-35-31-28-26-23-20-17-14-11-8-5-2/h9,12,15,18,21-22,24-25,27-33,35-36,38-39,42,56H,4-8,10-11,13-14,16-17,19-20,23,26,34,37,40-41,43-55H2,1-3H3/b12-9-,18-15-,24-21-,25-22-,29-27-,31-28-,32-30-,36-33-,38-35-,42-39-. The second-order valence-corrected chi connectivity index (χ2v) is 16.9. The first-order chi connectivity index (χ1) is 32.0. The fourth-order valence-electron chi connectivity index (χ4n) is 6.70. The summed E-state index contributed by atoms with van der Waals surface area (Å²) in [7, 11) is 0. The first-order valence-corrected chi connectivity index (χ1v) is 26.2. The third kappa shape index (κ3) is 50.7. The number of ether oxygens (including phenoxy) is 3. The molecule has 0 N–H and O–H groups in total. The normalized spacial score (nSPS) is 13.1. The molecular formula is C59H94O6. The molecule has 366 valence electrons. The summed E-state index contributed by atoms with van der Waals surface area (Å²) in [5, 5.41) is 0. The number of carbonyl (C=O) groups excluding carboxylic acids is 3. The highest BCUT2D eigenvalue weighted by Crippen LogP contribution is 2.12. The van der Waals surface area contributed by atoms with Crippen LogP contribution in [-0.4, -0.2) is 37.2 Å². The molecule has 6 heteroatoms. The molecule has 0 rings (SSSR count). The van der Waals surface area contributed by atoms with Crippen LogP contribution in [0.25, 0.3) is 0 Å². The summed E-state index contributed by atoms with van der Waals surface area (Å²) in [6.45, 7) is 6.35. The van der Waals surface area contributed by atoms with Crippen LogP contribution in [0, 0.1) is 0 Å². The molecule has 0 heterocycles. The molecule has 0 saturated carbocycles. The molecule has 0 aliphatic rings. The Morgan fingerprint density at radius 2 is 0.615 bits per heavy atom. The van der Waals surface area contributed by atoms with Gasteiger partial charge in [-0.25, -0.2) is 0 Å². The molecule has 0 aromatic heterocycles. The van der Waals surface area contributed by atoms with Gasteiger partial charge in [0.2, 0.25) is 0 Å². The fraction of sp³-hybridized carbons (Fsp3) is 0.610. The Morgan fingerprint density at radius 1 is 0.323 bits per heavy atom. The van der Waals surface area contributed by atoms with E-state index in [2.05, 4.69) is 87.6 Å². The summed E-state index contributed by atoms with van der Waals surface area (Å²) in [6.07, 6.45) is 71.9. The highest BCUT2D eigenvalue weighted by Gasteiger charge is 2.19. The molecule has 0 aliphatic carbocycles. The van der Waals surface area contributed by atoms with Crippen molar-refractivity contribution in [2.45, 2.75) is 219 Å². The molecule has 1 atom stereocenters. The molecule has 0 aliphatic heterocycles. The number of esters is 3. The number of hydrogen-bond acceptors (Lipinski definition) is 6. The number of unbranched alkanes of at least 4 members (excludes halogenated alkanes) is 21. The summed E-state index contributed by atoms with van der Waals surface area (Å²) >= 11 is 0. The Labute approximate surface area is 399 Å². The van der Waals surface area contributed by atoms with Crippen LogP contribution in [0.2, 0.25) is 0 Å². The van der Waals surface area contributed by atoms with Gasteiger partial charge in [0.05, 0.1) is 0 Å². The second-order valence-electron chi connectivity index (χ2n) is 16.9. The van der Waals surface area contributed by atoms with Gasteiger partial charge in [-0.15, -0.1) is 0 Å². The van der Waals surface area contributed by atoms with E-state index >= 15 is 0 Å². The van der Waals surface area contributed by atoms with Gasteiger partial charge in [0.15, 0.2) is 6.10 Å². The number of rotatable bonds is 45. The number of hydrogen-bond donors (Lipinski definition) is 0. The molecule has 0 radical (unpaired) electrons. The lowest BCUT2D eigenvalue weighted by molar-refractivity contribution is -0.167. The summed E-state index contributed by atoms with van der Waals surface area (Å²) in [5.74, 6) is -1.05. The molecular weight excluding hydrogens is 805 g/mol. The molecule has 0 aromatic carbocycles. The minimum Gasteiger partial charge on any atom is -0.462 e. The minimum atomic E-state index is -0.832. The quantitative estimate of drug-likeness (QED) is 0.0262. The topological polar surface area (TPSA) is 78.9 Å². The largest absolute Gasteiger partial charge is 0.462 e. The van der Waals surface area contributed by atoms with Crippen molar-refractivity contribution in [3.63, 3.8) is 0 Å². The van der Waals surface area contributed by atoms with Crippen LogP contribution in [0.5, 0.6) is 0 Å². The van der Waals surface area contributed by atoms with Crippen LogP contribution in [0.3, 0.4) is 0 Å². The molecule has 0 fully saturated rings. The maximum atomic E-state index is 12.8. The van der Waals surface area contributed by atoms with Crippen LogP contribution >= 0.6 is 0 Å². The van der Waals surface area contributed by atoms with Crippen molar-refractivity contribution >= 4 is 17.9 Å². The second kappa shape index (κ2) is 52.4. The molecule has 0 amide bonds. The monoisotopic (exact) mass is 899 g/mol. The van der Waals surface area contributed by atoms with Crippen molar-refractivity contribution in [2.24, 2.45) is 0 Å². The van der Waals surface area contributed by atoms with E-state index in [1.807, 2.05) is 54.7 Å². The summed E-state index contributed by atoms with van der Waals surface area (Å²) < 4.78 is 16.7. The average Bonchev–Trinajstić information content (AvgIpc) is 3.30.